The van der Waals surface area contributed by atoms with Crippen molar-refractivity contribution >= 4 is 11.9 Å². The maximum atomic E-state index is 14.0. The second-order valence-corrected chi connectivity index (χ2v) is 5.64. The Labute approximate surface area is 119 Å². The number of benzene rings is 1. The smallest absolute Gasteiger partial charge is 0.337 e. The highest BCUT2D eigenvalue weighted by Crippen LogP contribution is 2.43. The first-order chi connectivity index (χ1) is 9.81. The first-order valence-corrected chi connectivity index (χ1v) is 6.53. The average Bonchev–Trinajstić information content (AvgIpc) is 2.62. The average molecular weight is 293 g/mol. The van der Waals surface area contributed by atoms with E-state index >= 15 is 0 Å². The Kier molecular flexibility index (Phi) is 2.86. The predicted molar refractivity (Wildman–Crippen MR) is 69.1 cm³/mol. The highest BCUT2D eigenvalue weighted by molar-refractivity contribution is 5.99. The van der Waals surface area contributed by atoms with E-state index in [4.69, 9.17) is 4.74 Å². The van der Waals surface area contributed by atoms with Crippen LogP contribution in [0, 0.1) is 11.6 Å². The molecule has 0 radical (unpaired) electrons. The van der Waals surface area contributed by atoms with E-state index in [2.05, 4.69) is 5.32 Å². The van der Waals surface area contributed by atoms with Gasteiger partial charge in [0.25, 0.3) is 0 Å². The van der Waals surface area contributed by atoms with Crippen LogP contribution < -0.4 is 5.32 Å². The zero-order chi connectivity index (χ0) is 15.4. The van der Waals surface area contributed by atoms with Gasteiger partial charge in [-0.05, 0) is 25.5 Å². The van der Waals surface area contributed by atoms with Crippen molar-refractivity contribution in [3.05, 3.63) is 46.7 Å². The molecule has 4 nitrogen and oxygen atoms in total. The zero-order valence-corrected chi connectivity index (χ0v) is 11.5. The van der Waals surface area contributed by atoms with Crippen molar-refractivity contribution < 1.29 is 23.1 Å². The number of carbonyl (C=O) groups excluding carboxylic acids is 2. The molecule has 1 aromatic carbocycles. The largest absolute Gasteiger partial charge is 0.450 e. The van der Waals surface area contributed by atoms with E-state index in [0.717, 1.165) is 6.07 Å². The molecule has 0 fully saturated rings. The topological polar surface area (TPSA) is 55.4 Å². The quantitative estimate of drug-likeness (QED) is 0.807. The molecular formula is C15H13F2NO3. The van der Waals surface area contributed by atoms with Gasteiger partial charge in [-0.1, -0.05) is 12.1 Å². The molecule has 1 N–H and O–H groups in total. The van der Waals surface area contributed by atoms with E-state index in [9.17, 15) is 18.4 Å². The van der Waals surface area contributed by atoms with Crippen LogP contribution in [-0.2, 0) is 14.3 Å². The summed E-state index contributed by atoms with van der Waals surface area (Å²) in [7, 11) is 0. The fourth-order valence-corrected chi connectivity index (χ4v) is 2.83. The van der Waals surface area contributed by atoms with Gasteiger partial charge in [-0.2, -0.15) is 0 Å². The van der Waals surface area contributed by atoms with Crippen LogP contribution in [0.15, 0.2) is 29.5 Å². The molecule has 3 rings (SSSR count). The molecule has 110 valence electrons. The molecule has 2 aliphatic heterocycles. The summed E-state index contributed by atoms with van der Waals surface area (Å²) < 4.78 is 32.6. The lowest BCUT2D eigenvalue weighted by molar-refractivity contribution is -0.144. The molecule has 0 bridgehead atoms. The molecule has 1 aromatic rings. The highest BCUT2D eigenvalue weighted by atomic mass is 19.2. The Hall–Kier alpha value is -2.24. The normalized spacial score (nSPS) is 23.7. The van der Waals surface area contributed by atoms with E-state index in [0.29, 0.717) is 5.70 Å². The maximum Gasteiger partial charge on any atom is 0.337 e. The summed E-state index contributed by atoms with van der Waals surface area (Å²) in [6.45, 7) is 3.27. The number of cyclic esters (lactones) is 1. The summed E-state index contributed by atoms with van der Waals surface area (Å²) in [5, 5.41) is 2.61. The van der Waals surface area contributed by atoms with Crippen molar-refractivity contribution in [2.75, 3.05) is 0 Å². The first-order valence-electron chi connectivity index (χ1n) is 6.53. The van der Waals surface area contributed by atoms with E-state index in [1.807, 2.05) is 0 Å². The van der Waals surface area contributed by atoms with Crippen molar-refractivity contribution in [3.63, 3.8) is 0 Å². The molecule has 0 aliphatic carbocycles. The van der Waals surface area contributed by atoms with Gasteiger partial charge in [-0.25, -0.2) is 13.6 Å². The Morgan fingerprint density at radius 2 is 2.00 bits per heavy atom. The minimum Gasteiger partial charge on any atom is -0.450 e. The summed E-state index contributed by atoms with van der Waals surface area (Å²) in [6, 6.07) is 3.73. The van der Waals surface area contributed by atoms with E-state index < -0.39 is 29.1 Å². The number of hydrogen-bond acceptors (Lipinski definition) is 3. The van der Waals surface area contributed by atoms with Crippen LogP contribution in [0.4, 0.5) is 8.78 Å². The second kappa shape index (κ2) is 4.38. The Morgan fingerprint density at radius 3 is 2.71 bits per heavy atom. The lowest BCUT2D eigenvalue weighted by atomic mass is 9.82. The van der Waals surface area contributed by atoms with E-state index in [1.54, 1.807) is 13.8 Å². The maximum absolute atomic E-state index is 14.0. The molecule has 0 saturated carbocycles. The summed E-state index contributed by atoms with van der Waals surface area (Å²) in [4.78, 5) is 23.9. The van der Waals surface area contributed by atoms with Gasteiger partial charge in [0, 0.05) is 12.3 Å². The molecule has 1 atom stereocenters. The number of halogens is 2. The Bertz CT molecular complexity index is 694. The number of rotatable bonds is 1. The lowest BCUT2D eigenvalue weighted by Crippen LogP contribution is -2.38. The number of carbonyl (C=O) groups is 2. The van der Waals surface area contributed by atoms with Gasteiger partial charge < -0.3 is 10.1 Å². The minimum absolute atomic E-state index is 0.00741. The predicted octanol–water partition coefficient (Wildman–Crippen LogP) is 2.16. The van der Waals surface area contributed by atoms with Gasteiger partial charge in [0.15, 0.2) is 11.6 Å². The van der Waals surface area contributed by atoms with Crippen molar-refractivity contribution in [2.45, 2.75) is 31.8 Å². The van der Waals surface area contributed by atoms with Crippen molar-refractivity contribution in [2.24, 2.45) is 0 Å². The van der Waals surface area contributed by atoms with Gasteiger partial charge in [-0.15, -0.1) is 0 Å². The minimum atomic E-state index is -1.04. The molecule has 0 saturated heterocycles. The van der Waals surface area contributed by atoms with Crippen LogP contribution in [0.1, 0.15) is 31.7 Å². The first kappa shape index (κ1) is 13.7. The molecular weight excluding hydrogens is 280 g/mol. The zero-order valence-electron chi connectivity index (χ0n) is 11.5. The lowest BCUT2D eigenvalue weighted by Gasteiger charge is -2.27. The van der Waals surface area contributed by atoms with Crippen LogP contribution in [0.2, 0.25) is 0 Å². The Morgan fingerprint density at radius 1 is 1.29 bits per heavy atom. The molecule has 0 spiro atoms. The van der Waals surface area contributed by atoms with Crippen LogP contribution in [0.25, 0.3) is 0 Å². The second-order valence-electron chi connectivity index (χ2n) is 5.64. The third-order valence-corrected chi connectivity index (χ3v) is 3.80. The van der Waals surface area contributed by atoms with Crippen molar-refractivity contribution in [1.82, 2.24) is 5.32 Å². The number of amides is 1. The molecule has 0 aromatic heterocycles. The van der Waals surface area contributed by atoms with E-state index in [1.165, 1.54) is 12.1 Å². The van der Waals surface area contributed by atoms with Crippen molar-refractivity contribution in [3.8, 4) is 0 Å². The molecule has 1 amide bonds. The molecule has 2 heterocycles. The van der Waals surface area contributed by atoms with Gasteiger partial charge in [0.2, 0.25) is 5.91 Å². The standard InChI is InChI=1S/C15H13F2NO3/c1-15(2)13-11(14(20)21-15)8(6-10(19)18-13)7-4-3-5-9(16)12(7)17/h3-5,8H,6H2,1-2H3,(H,18,19). The molecule has 21 heavy (non-hydrogen) atoms. The van der Waals surface area contributed by atoms with Gasteiger partial charge >= 0.3 is 5.97 Å². The van der Waals surface area contributed by atoms with Gasteiger partial charge in [0.05, 0.1) is 11.3 Å². The summed E-state index contributed by atoms with van der Waals surface area (Å²) in [5.41, 5.74) is -0.460. The number of hydrogen-bond donors (Lipinski definition) is 1. The van der Waals surface area contributed by atoms with Crippen LogP contribution >= 0.6 is 0 Å². The summed E-state index contributed by atoms with van der Waals surface area (Å²) in [6.07, 6.45) is -0.121. The summed E-state index contributed by atoms with van der Waals surface area (Å²) in [5.74, 6) is -3.84. The highest BCUT2D eigenvalue weighted by Gasteiger charge is 2.48. The van der Waals surface area contributed by atoms with Crippen LogP contribution in [0.5, 0.6) is 0 Å². The SMILES string of the molecule is CC1(C)OC(=O)C2=C1NC(=O)CC2c1cccc(F)c1F. The number of esters is 1. The van der Waals surface area contributed by atoms with Crippen LogP contribution in [0.3, 0.4) is 0 Å². The van der Waals surface area contributed by atoms with E-state index in [-0.39, 0.29) is 23.5 Å². The van der Waals surface area contributed by atoms with Crippen molar-refractivity contribution in [1.29, 1.82) is 0 Å². The summed E-state index contributed by atoms with van der Waals surface area (Å²) >= 11 is 0. The fourth-order valence-electron chi connectivity index (χ4n) is 2.83. The number of ether oxygens (including phenoxy) is 1. The molecule has 1 unspecified atom stereocenters. The number of nitrogens with one attached hydrogen (secondary N) is 1. The monoisotopic (exact) mass is 293 g/mol. The third kappa shape index (κ3) is 2.02. The molecule has 6 heteroatoms. The fraction of sp³-hybridized carbons (Fsp3) is 0.333. The molecule has 2 aliphatic rings. The van der Waals surface area contributed by atoms with Gasteiger partial charge in [-0.3, -0.25) is 4.79 Å². The Balaban J connectivity index is 2.18. The third-order valence-electron chi connectivity index (χ3n) is 3.80. The van der Waals surface area contributed by atoms with Crippen LogP contribution in [-0.4, -0.2) is 17.5 Å². The van der Waals surface area contributed by atoms with Gasteiger partial charge in [0.1, 0.15) is 5.60 Å².